The van der Waals surface area contributed by atoms with Gasteiger partial charge < -0.3 is 4.74 Å². The van der Waals surface area contributed by atoms with E-state index in [1.807, 2.05) is 0 Å². The normalized spacial score (nSPS) is 10.3. The first-order valence-electron chi connectivity index (χ1n) is 5.37. The van der Waals surface area contributed by atoms with Crippen molar-refractivity contribution in [3.63, 3.8) is 0 Å². The smallest absolute Gasteiger partial charge is 0.356 e. The number of esters is 1. The van der Waals surface area contributed by atoms with Crippen LogP contribution >= 0.6 is 0 Å². The van der Waals surface area contributed by atoms with Gasteiger partial charge in [0.2, 0.25) is 0 Å². The molecule has 0 unspecified atom stereocenters. The molecule has 0 fully saturated rings. The lowest BCUT2D eigenvalue weighted by molar-refractivity contribution is 0.0519. The van der Waals surface area contributed by atoms with E-state index >= 15 is 0 Å². The first-order chi connectivity index (χ1) is 8.63. The lowest BCUT2D eigenvalue weighted by Crippen LogP contribution is -2.14. The molecule has 0 aliphatic carbocycles. The number of H-pyrrole nitrogens is 1. The van der Waals surface area contributed by atoms with Crippen molar-refractivity contribution in [2.24, 2.45) is 0 Å². The number of aromatic nitrogens is 2. The van der Waals surface area contributed by atoms with Crippen LogP contribution in [0.3, 0.4) is 0 Å². The molecule has 0 radical (unpaired) electrons. The maximum absolute atomic E-state index is 13.5. The highest BCUT2D eigenvalue weighted by Crippen LogP contribution is 2.10. The van der Waals surface area contributed by atoms with Crippen molar-refractivity contribution in [3.8, 4) is 5.69 Å². The number of hydrogen-bond acceptors (Lipinski definition) is 3. The third kappa shape index (κ3) is 2.17. The van der Waals surface area contributed by atoms with Crippen LogP contribution in [0, 0.1) is 5.82 Å². The summed E-state index contributed by atoms with van der Waals surface area (Å²) < 4.78 is 19.2. The molecule has 0 saturated carbocycles. The van der Waals surface area contributed by atoms with Gasteiger partial charge in [0.1, 0.15) is 17.2 Å². The summed E-state index contributed by atoms with van der Waals surface area (Å²) in [5.74, 6) is -1.21. The van der Waals surface area contributed by atoms with E-state index in [4.69, 9.17) is 4.74 Å². The van der Waals surface area contributed by atoms with Crippen LogP contribution in [-0.2, 0) is 4.74 Å². The molecule has 94 valence electrons. The van der Waals surface area contributed by atoms with Gasteiger partial charge in [-0.1, -0.05) is 12.1 Å². The van der Waals surface area contributed by atoms with E-state index in [0.717, 1.165) is 10.7 Å². The Morgan fingerprint density at radius 1 is 1.44 bits per heavy atom. The summed E-state index contributed by atoms with van der Waals surface area (Å²) in [5.41, 5.74) is -0.480. The molecule has 0 bridgehead atoms. The number of hydrogen-bond donors (Lipinski definition) is 1. The van der Waals surface area contributed by atoms with Gasteiger partial charge in [0.25, 0.3) is 5.56 Å². The molecule has 1 heterocycles. The van der Waals surface area contributed by atoms with Gasteiger partial charge in [0.05, 0.1) is 6.61 Å². The molecule has 0 saturated heterocycles. The second-order valence-corrected chi connectivity index (χ2v) is 3.52. The second-order valence-electron chi connectivity index (χ2n) is 3.52. The van der Waals surface area contributed by atoms with E-state index in [2.05, 4.69) is 5.10 Å². The molecule has 0 spiro atoms. The Balaban J connectivity index is 2.45. The average Bonchev–Trinajstić information content (AvgIpc) is 2.72. The SMILES string of the molecule is CCOC(=O)c1cc(=O)n(-c2ccccc2F)[nH]1. The van der Waals surface area contributed by atoms with Crippen molar-refractivity contribution >= 4 is 5.97 Å². The highest BCUT2D eigenvalue weighted by atomic mass is 19.1. The van der Waals surface area contributed by atoms with Crippen molar-refractivity contribution in [1.82, 2.24) is 9.78 Å². The lowest BCUT2D eigenvalue weighted by atomic mass is 10.3. The zero-order chi connectivity index (χ0) is 13.1. The molecular formula is C12H11FN2O3. The molecule has 2 rings (SSSR count). The van der Waals surface area contributed by atoms with Crippen LogP contribution in [0.4, 0.5) is 4.39 Å². The highest BCUT2D eigenvalue weighted by Gasteiger charge is 2.14. The number of carbonyl (C=O) groups excluding carboxylic acids is 1. The molecule has 6 heteroatoms. The van der Waals surface area contributed by atoms with Crippen molar-refractivity contribution in [1.29, 1.82) is 0 Å². The summed E-state index contributed by atoms with van der Waals surface area (Å²) in [6.07, 6.45) is 0. The molecule has 18 heavy (non-hydrogen) atoms. The van der Waals surface area contributed by atoms with Gasteiger partial charge in [-0.15, -0.1) is 0 Å². The van der Waals surface area contributed by atoms with Crippen LogP contribution in [0.1, 0.15) is 17.4 Å². The van der Waals surface area contributed by atoms with Gasteiger partial charge in [-0.25, -0.2) is 13.9 Å². The predicted octanol–water partition coefficient (Wildman–Crippen LogP) is 1.48. The third-order valence-corrected chi connectivity index (χ3v) is 2.31. The predicted molar refractivity (Wildman–Crippen MR) is 62.3 cm³/mol. The van der Waals surface area contributed by atoms with Crippen molar-refractivity contribution in [2.75, 3.05) is 6.61 Å². The fraction of sp³-hybridized carbons (Fsp3) is 0.167. The largest absolute Gasteiger partial charge is 0.461 e. The number of carbonyl (C=O) groups is 1. The molecule has 0 amide bonds. The summed E-state index contributed by atoms with van der Waals surface area (Å²) >= 11 is 0. The topological polar surface area (TPSA) is 64.1 Å². The number of ether oxygens (including phenoxy) is 1. The average molecular weight is 250 g/mol. The maximum atomic E-state index is 13.5. The van der Waals surface area contributed by atoms with Crippen LogP contribution in [-0.4, -0.2) is 22.4 Å². The molecule has 1 aromatic carbocycles. The van der Waals surface area contributed by atoms with E-state index in [-0.39, 0.29) is 18.0 Å². The maximum Gasteiger partial charge on any atom is 0.356 e. The zero-order valence-electron chi connectivity index (χ0n) is 9.64. The number of nitrogens with zero attached hydrogens (tertiary/aromatic N) is 1. The number of halogens is 1. The van der Waals surface area contributed by atoms with Gasteiger partial charge in [-0.3, -0.25) is 9.89 Å². The van der Waals surface area contributed by atoms with Crippen LogP contribution in [0.2, 0.25) is 0 Å². The van der Waals surface area contributed by atoms with Crippen molar-refractivity contribution in [2.45, 2.75) is 6.92 Å². The molecular weight excluding hydrogens is 239 g/mol. The fourth-order valence-corrected chi connectivity index (χ4v) is 1.52. The molecule has 5 nitrogen and oxygen atoms in total. The molecule has 0 aliphatic heterocycles. The van der Waals surface area contributed by atoms with E-state index in [1.54, 1.807) is 13.0 Å². The number of rotatable bonds is 3. The Labute approximate surface area is 102 Å². The van der Waals surface area contributed by atoms with Crippen LogP contribution < -0.4 is 5.56 Å². The Bertz CT molecular complexity index is 630. The van der Waals surface area contributed by atoms with E-state index < -0.39 is 17.3 Å². The first-order valence-corrected chi connectivity index (χ1v) is 5.37. The summed E-state index contributed by atoms with van der Waals surface area (Å²) in [6.45, 7) is 1.86. The van der Waals surface area contributed by atoms with Gasteiger partial charge in [0.15, 0.2) is 0 Å². The van der Waals surface area contributed by atoms with Gasteiger partial charge in [-0.2, -0.15) is 0 Å². The van der Waals surface area contributed by atoms with E-state index in [0.29, 0.717) is 0 Å². The minimum absolute atomic E-state index is 0.00916. The third-order valence-electron chi connectivity index (χ3n) is 2.31. The highest BCUT2D eigenvalue weighted by molar-refractivity contribution is 5.87. The molecule has 1 aromatic heterocycles. The Morgan fingerprint density at radius 2 is 2.17 bits per heavy atom. The number of aromatic amines is 1. The monoisotopic (exact) mass is 250 g/mol. The molecule has 0 atom stereocenters. The fourth-order valence-electron chi connectivity index (χ4n) is 1.52. The van der Waals surface area contributed by atoms with Crippen LogP contribution in [0.5, 0.6) is 0 Å². The van der Waals surface area contributed by atoms with Crippen molar-refractivity contribution < 1.29 is 13.9 Å². The molecule has 1 N–H and O–H groups in total. The molecule has 2 aromatic rings. The second kappa shape index (κ2) is 4.87. The van der Waals surface area contributed by atoms with E-state index in [1.165, 1.54) is 18.2 Å². The lowest BCUT2D eigenvalue weighted by Gasteiger charge is -2.03. The van der Waals surface area contributed by atoms with Crippen LogP contribution in [0.25, 0.3) is 5.69 Å². The summed E-state index contributed by atoms with van der Waals surface area (Å²) in [4.78, 5) is 23.1. The quantitative estimate of drug-likeness (QED) is 0.839. The zero-order valence-corrected chi connectivity index (χ0v) is 9.64. The van der Waals surface area contributed by atoms with Crippen molar-refractivity contribution in [3.05, 3.63) is 52.2 Å². The summed E-state index contributed by atoms with van der Waals surface area (Å²) in [5, 5.41) is 2.51. The Hall–Kier alpha value is -2.37. The number of nitrogens with one attached hydrogen (secondary N) is 1. The summed E-state index contributed by atoms with van der Waals surface area (Å²) in [7, 11) is 0. The minimum Gasteiger partial charge on any atom is -0.461 e. The van der Waals surface area contributed by atoms with Gasteiger partial charge in [-0.05, 0) is 19.1 Å². The number of para-hydroxylation sites is 1. The Morgan fingerprint density at radius 3 is 2.83 bits per heavy atom. The minimum atomic E-state index is -0.648. The van der Waals surface area contributed by atoms with E-state index in [9.17, 15) is 14.0 Å². The first kappa shape index (κ1) is 12.1. The van der Waals surface area contributed by atoms with Gasteiger partial charge in [0, 0.05) is 6.07 Å². The van der Waals surface area contributed by atoms with Crippen LogP contribution in [0.15, 0.2) is 35.1 Å². The number of benzene rings is 1. The van der Waals surface area contributed by atoms with Gasteiger partial charge >= 0.3 is 5.97 Å². The molecule has 0 aliphatic rings. The Kier molecular flexibility index (Phi) is 3.27. The summed E-state index contributed by atoms with van der Waals surface area (Å²) in [6, 6.07) is 6.84. The standard InChI is InChI=1S/C12H11FN2O3/c1-2-18-12(17)9-7-11(16)15(14-9)10-6-4-3-5-8(10)13/h3-7,14H,2H2,1H3.